The van der Waals surface area contributed by atoms with Crippen LogP contribution in [0.1, 0.15) is 30.9 Å². The number of halogens is 2. The Morgan fingerprint density at radius 1 is 1.07 bits per heavy atom. The van der Waals surface area contributed by atoms with Crippen LogP contribution in [0.3, 0.4) is 0 Å². The molecular weight excluding hydrogens is 411 g/mol. The van der Waals surface area contributed by atoms with Crippen molar-refractivity contribution in [3.05, 3.63) is 63.6 Å². The predicted molar refractivity (Wildman–Crippen MR) is 116 cm³/mol. The smallest absolute Gasteiger partial charge is 0.224 e. The molecule has 7 heteroatoms. The monoisotopic (exact) mass is 434 g/mol. The van der Waals surface area contributed by atoms with Crippen LogP contribution in [0.2, 0.25) is 10.0 Å². The number of rotatable bonds is 6. The van der Waals surface area contributed by atoms with Crippen molar-refractivity contribution in [3.63, 3.8) is 0 Å². The van der Waals surface area contributed by atoms with E-state index in [1.807, 2.05) is 24.3 Å². The molecule has 5 nitrogen and oxygen atoms in total. The highest BCUT2D eigenvalue weighted by molar-refractivity contribution is 6.35. The molecule has 1 aliphatic heterocycles. The topological polar surface area (TPSA) is 67.4 Å². The zero-order chi connectivity index (χ0) is 20.9. The van der Waals surface area contributed by atoms with Gasteiger partial charge in [0.15, 0.2) is 0 Å². The first-order valence-corrected chi connectivity index (χ1v) is 10.3. The summed E-state index contributed by atoms with van der Waals surface area (Å²) in [6.45, 7) is 3.19. The van der Waals surface area contributed by atoms with Crippen LogP contribution >= 0.6 is 23.2 Å². The minimum atomic E-state index is -0.273. The summed E-state index contributed by atoms with van der Waals surface area (Å²) in [5.41, 5.74) is 2.30. The van der Waals surface area contributed by atoms with Crippen molar-refractivity contribution >= 4 is 40.7 Å². The van der Waals surface area contributed by atoms with Crippen LogP contribution in [0.4, 0.5) is 5.69 Å². The second-order valence-electron chi connectivity index (χ2n) is 7.35. The third-order valence-electron chi connectivity index (χ3n) is 5.22. The first kappa shape index (κ1) is 21.6. The summed E-state index contributed by atoms with van der Waals surface area (Å²) in [7, 11) is 0. The van der Waals surface area contributed by atoms with Crippen LogP contribution in [-0.4, -0.2) is 31.6 Å². The second-order valence-corrected chi connectivity index (χ2v) is 8.19. The Hall–Kier alpha value is -2.08. The van der Waals surface area contributed by atoms with E-state index in [0.29, 0.717) is 35.5 Å². The SMILES string of the molecule is CC(=O)Nc1ccc(CC(=O)NCC2(c3ccc(Cl)cc3Cl)CCOCC2)cc1. The summed E-state index contributed by atoms with van der Waals surface area (Å²) < 4.78 is 5.54. The minimum Gasteiger partial charge on any atom is -0.381 e. The molecule has 1 aliphatic rings. The molecule has 0 bridgehead atoms. The Morgan fingerprint density at radius 3 is 2.38 bits per heavy atom. The van der Waals surface area contributed by atoms with Gasteiger partial charge in [-0.3, -0.25) is 9.59 Å². The fourth-order valence-corrected chi connectivity index (χ4v) is 4.26. The van der Waals surface area contributed by atoms with E-state index in [9.17, 15) is 9.59 Å². The predicted octanol–water partition coefficient (Wildman–Crippen LogP) is 4.36. The van der Waals surface area contributed by atoms with Crippen molar-refractivity contribution in [2.75, 3.05) is 25.1 Å². The molecule has 0 atom stereocenters. The number of hydrogen-bond acceptors (Lipinski definition) is 3. The van der Waals surface area contributed by atoms with E-state index >= 15 is 0 Å². The molecule has 1 heterocycles. The van der Waals surface area contributed by atoms with Crippen molar-refractivity contribution in [2.24, 2.45) is 0 Å². The molecule has 154 valence electrons. The van der Waals surface area contributed by atoms with E-state index in [1.165, 1.54) is 6.92 Å². The van der Waals surface area contributed by atoms with Crippen LogP contribution in [0.25, 0.3) is 0 Å². The van der Waals surface area contributed by atoms with Gasteiger partial charge in [0.25, 0.3) is 0 Å². The lowest BCUT2D eigenvalue weighted by Gasteiger charge is -2.38. The maximum atomic E-state index is 12.6. The van der Waals surface area contributed by atoms with E-state index < -0.39 is 0 Å². The van der Waals surface area contributed by atoms with Crippen LogP contribution in [0.15, 0.2) is 42.5 Å². The van der Waals surface area contributed by atoms with Crippen molar-refractivity contribution < 1.29 is 14.3 Å². The van der Waals surface area contributed by atoms with Crippen LogP contribution in [0, 0.1) is 0 Å². The van der Waals surface area contributed by atoms with E-state index in [1.54, 1.807) is 18.2 Å². The van der Waals surface area contributed by atoms with E-state index in [2.05, 4.69) is 10.6 Å². The number of carbonyl (C=O) groups is 2. The fourth-order valence-electron chi connectivity index (χ4n) is 3.65. The Morgan fingerprint density at radius 2 is 1.76 bits per heavy atom. The van der Waals surface area contributed by atoms with Gasteiger partial charge < -0.3 is 15.4 Å². The standard InChI is InChI=1S/C22H24Cl2N2O3/c1-15(27)26-18-5-2-16(3-6-18)12-21(28)25-14-22(8-10-29-11-9-22)19-7-4-17(23)13-20(19)24/h2-7,13H,8-12,14H2,1H3,(H,25,28)(H,26,27). The van der Waals surface area contributed by atoms with Gasteiger partial charge in [0.2, 0.25) is 11.8 Å². The number of hydrogen-bond donors (Lipinski definition) is 2. The van der Waals surface area contributed by atoms with Gasteiger partial charge in [-0.05, 0) is 48.2 Å². The Kier molecular flexibility index (Phi) is 7.17. The van der Waals surface area contributed by atoms with Crippen molar-refractivity contribution in [2.45, 2.75) is 31.6 Å². The highest BCUT2D eigenvalue weighted by atomic mass is 35.5. The van der Waals surface area contributed by atoms with Crippen LogP contribution < -0.4 is 10.6 Å². The maximum Gasteiger partial charge on any atom is 0.224 e. The van der Waals surface area contributed by atoms with Crippen molar-refractivity contribution in [3.8, 4) is 0 Å². The molecule has 0 saturated carbocycles. The van der Waals surface area contributed by atoms with Gasteiger partial charge in [0.05, 0.1) is 6.42 Å². The third-order valence-corrected chi connectivity index (χ3v) is 5.76. The molecule has 0 spiro atoms. The molecule has 2 aromatic carbocycles. The highest BCUT2D eigenvalue weighted by Gasteiger charge is 2.36. The number of anilines is 1. The van der Waals surface area contributed by atoms with Crippen molar-refractivity contribution in [1.29, 1.82) is 0 Å². The molecule has 1 fully saturated rings. The fraction of sp³-hybridized carbons (Fsp3) is 0.364. The summed E-state index contributed by atoms with van der Waals surface area (Å²) in [4.78, 5) is 23.7. The van der Waals surface area contributed by atoms with E-state index in [4.69, 9.17) is 27.9 Å². The molecule has 0 aromatic heterocycles. The summed E-state index contributed by atoms with van der Waals surface area (Å²) in [5.74, 6) is -0.189. The van der Waals surface area contributed by atoms with Gasteiger partial charge in [-0.25, -0.2) is 0 Å². The van der Waals surface area contributed by atoms with Crippen LogP contribution in [0.5, 0.6) is 0 Å². The lowest BCUT2D eigenvalue weighted by molar-refractivity contribution is -0.121. The first-order valence-electron chi connectivity index (χ1n) is 9.54. The number of carbonyl (C=O) groups excluding carboxylic acids is 2. The molecule has 0 radical (unpaired) electrons. The molecule has 0 aliphatic carbocycles. The van der Waals surface area contributed by atoms with Gasteiger partial charge in [-0.2, -0.15) is 0 Å². The molecule has 2 aromatic rings. The molecule has 3 rings (SSSR count). The highest BCUT2D eigenvalue weighted by Crippen LogP contribution is 2.39. The molecule has 29 heavy (non-hydrogen) atoms. The number of amides is 2. The summed E-state index contributed by atoms with van der Waals surface area (Å²) >= 11 is 12.5. The average molecular weight is 435 g/mol. The van der Waals surface area contributed by atoms with Gasteiger partial charge in [-0.15, -0.1) is 0 Å². The Balaban J connectivity index is 1.66. The summed E-state index contributed by atoms with van der Waals surface area (Å²) in [6, 6.07) is 12.8. The zero-order valence-corrected chi connectivity index (χ0v) is 17.8. The van der Waals surface area contributed by atoms with E-state index in [-0.39, 0.29) is 23.7 Å². The average Bonchev–Trinajstić information content (AvgIpc) is 2.68. The molecule has 0 unspecified atom stereocenters. The lowest BCUT2D eigenvalue weighted by atomic mass is 9.74. The minimum absolute atomic E-state index is 0.0618. The summed E-state index contributed by atoms with van der Waals surface area (Å²) in [6.07, 6.45) is 1.82. The van der Waals surface area contributed by atoms with Gasteiger partial charge >= 0.3 is 0 Å². The van der Waals surface area contributed by atoms with Crippen molar-refractivity contribution in [1.82, 2.24) is 5.32 Å². The molecular formula is C22H24Cl2N2O3. The number of ether oxygens (including phenoxy) is 1. The largest absolute Gasteiger partial charge is 0.381 e. The molecule has 2 N–H and O–H groups in total. The molecule has 1 saturated heterocycles. The van der Waals surface area contributed by atoms with Gasteiger partial charge in [0, 0.05) is 47.8 Å². The van der Waals surface area contributed by atoms with Gasteiger partial charge in [-0.1, -0.05) is 41.4 Å². The molecule has 2 amide bonds. The lowest BCUT2D eigenvalue weighted by Crippen LogP contribution is -2.45. The Labute approximate surface area is 180 Å². The normalized spacial score (nSPS) is 15.6. The van der Waals surface area contributed by atoms with Gasteiger partial charge in [0.1, 0.15) is 0 Å². The zero-order valence-electron chi connectivity index (χ0n) is 16.3. The second kappa shape index (κ2) is 9.61. The number of nitrogens with one attached hydrogen (secondary N) is 2. The third kappa shape index (κ3) is 5.72. The Bertz CT molecular complexity index is 878. The number of benzene rings is 2. The van der Waals surface area contributed by atoms with E-state index in [0.717, 1.165) is 24.0 Å². The quantitative estimate of drug-likeness (QED) is 0.709. The van der Waals surface area contributed by atoms with Crippen LogP contribution in [-0.2, 0) is 26.2 Å². The first-order chi connectivity index (χ1) is 13.9. The summed E-state index contributed by atoms with van der Waals surface area (Å²) in [5, 5.41) is 6.99. The maximum absolute atomic E-state index is 12.6.